The maximum Gasteiger partial charge on any atom is 0.408 e. The van der Waals surface area contributed by atoms with Gasteiger partial charge in [0, 0.05) is 48.9 Å². The molecule has 0 saturated carbocycles. The van der Waals surface area contributed by atoms with Crippen LogP contribution in [-0.4, -0.2) is 60.4 Å². The first-order valence-electron chi connectivity index (χ1n) is 11.3. The molecule has 4 heterocycles. The van der Waals surface area contributed by atoms with Crippen LogP contribution in [0.3, 0.4) is 0 Å². The molecule has 1 amide bonds. The van der Waals surface area contributed by atoms with Gasteiger partial charge in [-0.2, -0.15) is 18.3 Å². The van der Waals surface area contributed by atoms with Gasteiger partial charge in [0.1, 0.15) is 17.2 Å². The number of carbonyl (C=O) groups is 1. The van der Waals surface area contributed by atoms with E-state index in [9.17, 15) is 23.1 Å². The number of hydrogen-bond acceptors (Lipinski definition) is 8. The normalized spacial score (nSPS) is 18.0. The smallest absolute Gasteiger partial charge is 0.375 e. The molecule has 1 saturated heterocycles. The molecule has 0 spiro atoms. The lowest BCUT2D eigenvalue weighted by Crippen LogP contribution is -2.36. The maximum atomic E-state index is 12.7. The van der Waals surface area contributed by atoms with Gasteiger partial charge in [0.05, 0.1) is 5.69 Å². The van der Waals surface area contributed by atoms with E-state index in [1.807, 2.05) is 11.4 Å². The van der Waals surface area contributed by atoms with Crippen LogP contribution in [0, 0.1) is 6.92 Å². The highest BCUT2D eigenvalue weighted by molar-refractivity contribution is 7.13. The predicted octanol–water partition coefficient (Wildman–Crippen LogP) is 4.13. The van der Waals surface area contributed by atoms with Gasteiger partial charge in [-0.05, 0) is 24.6 Å². The van der Waals surface area contributed by atoms with E-state index in [-0.39, 0.29) is 17.7 Å². The molecule has 1 unspecified atom stereocenters. The summed E-state index contributed by atoms with van der Waals surface area (Å²) in [7, 11) is 1.66. The maximum absolute atomic E-state index is 12.7. The Kier molecular flexibility index (Phi) is 6.20. The number of carbonyl (C=O) groups excluding carboxylic acids is 1. The predicted molar refractivity (Wildman–Crippen MR) is 131 cm³/mol. The van der Waals surface area contributed by atoms with Crippen LogP contribution >= 0.6 is 11.3 Å². The average Bonchev–Trinajstić information content (AvgIpc) is 3.54. The van der Waals surface area contributed by atoms with Gasteiger partial charge in [0.15, 0.2) is 11.4 Å². The SMILES string of the molecule is Cc1cn(CC(F)(F)F)nc1Nc1nccc(-c2csc(-c3cccc(C4(O)CCN(C)C4=O)c3)n2)n1. The largest absolute Gasteiger partial charge is 0.408 e. The molecule has 37 heavy (non-hydrogen) atoms. The van der Waals surface area contributed by atoms with E-state index in [1.54, 1.807) is 38.2 Å². The molecule has 3 aromatic heterocycles. The third-order valence-electron chi connectivity index (χ3n) is 6.03. The number of amides is 1. The Morgan fingerprint density at radius 1 is 1.22 bits per heavy atom. The van der Waals surface area contributed by atoms with E-state index in [1.165, 1.54) is 28.6 Å². The van der Waals surface area contributed by atoms with Crippen LogP contribution in [-0.2, 0) is 16.9 Å². The summed E-state index contributed by atoms with van der Waals surface area (Å²) in [6, 6.07) is 8.81. The van der Waals surface area contributed by atoms with Crippen molar-refractivity contribution >= 4 is 29.0 Å². The molecule has 2 N–H and O–H groups in total. The van der Waals surface area contributed by atoms with Crippen LogP contribution in [0.4, 0.5) is 24.9 Å². The van der Waals surface area contributed by atoms with Gasteiger partial charge in [-0.3, -0.25) is 9.48 Å². The fourth-order valence-electron chi connectivity index (χ4n) is 4.13. The molecule has 9 nitrogen and oxygen atoms in total. The minimum Gasteiger partial charge on any atom is -0.375 e. The Bertz CT molecular complexity index is 1470. The topological polar surface area (TPSA) is 109 Å². The van der Waals surface area contributed by atoms with E-state index >= 15 is 0 Å². The molecule has 1 aliphatic heterocycles. The molecule has 13 heteroatoms. The van der Waals surface area contributed by atoms with Gasteiger partial charge in [0.2, 0.25) is 5.95 Å². The van der Waals surface area contributed by atoms with E-state index in [2.05, 4.69) is 25.4 Å². The molecule has 1 fully saturated rings. The second-order valence-electron chi connectivity index (χ2n) is 8.82. The lowest BCUT2D eigenvalue weighted by atomic mass is 9.91. The molecule has 0 radical (unpaired) electrons. The first kappa shape index (κ1) is 24.8. The number of nitrogens with one attached hydrogen (secondary N) is 1. The fraction of sp³-hybridized carbons (Fsp3) is 0.292. The van der Waals surface area contributed by atoms with Crippen LogP contribution in [0.25, 0.3) is 22.0 Å². The minimum atomic E-state index is -4.38. The van der Waals surface area contributed by atoms with Crippen molar-refractivity contribution < 1.29 is 23.1 Å². The summed E-state index contributed by atoms with van der Waals surface area (Å²) in [4.78, 5) is 27.3. The number of thiazole rings is 1. The highest BCUT2D eigenvalue weighted by Gasteiger charge is 2.45. The standard InChI is InChI=1S/C24H22F3N7O2S/c1-14-11-34(13-24(25,26)27)32-19(14)31-22-28-8-6-17(30-22)18-12-37-20(29-18)15-4-3-5-16(10-15)23(36)7-9-33(2)21(23)35/h3-6,8,10-12,36H,7,9,13H2,1-2H3,(H,28,30,31,32). The zero-order chi connectivity index (χ0) is 26.4. The van der Waals surface area contributed by atoms with E-state index in [4.69, 9.17) is 0 Å². The van der Waals surface area contributed by atoms with Crippen LogP contribution in [0.2, 0.25) is 0 Å². The Labute approximate surface area is 213 Å². The number of anilines is 2. The first-order valence-corrected chi connectivity index (χ1v) is 12.2. The fourth-order valence-corrected chi connectivity index (χ4v) is 4.94. The van der Waals surface area contributed by atoms with Crippen molar-refractivity contribution in [2.75, 3.05) is 18.9 Å². The number of halogens is 3. The van der Waals surface area contributed by atoms with Gasteiger partial charge >= 0.3 is 6.18 Å². The number of likely N-dealkylation sites (N-methyl/N-ethyl adjacent to an activating group) is 1. The summed E-state index contributed by atoms with van der Waals surface area (Å²) in [5.41, 5.74) is 1.32. The molecule has 1 aromatic carbocycles. The zero-order valence-corrected chi connectivity index (χ0v) is 20.6. The van der Waals surface area contributed by atoms with Gasteiger partial charge in [0.25, 0.3) is 5.91 Å². The van der Waals surface area contributed by atoms with Crippen molar-refractivity contribution in [1.29, 1.82) is 0 Å². The molecule has 0 aliphatic carbocycles. The van der Waals surface area contributed by atoms with Crippen molar-refractivity contribution in [3.8, 4) is 22.0 Å². The van der Waals surface area contributed by atoms with Crippen molar-refractivity contribution in [3.63, 3.8) is 0 Å². The highest BCUT2D eigenvalue weighted by Crippen LogP contribution is 2.36. The number of alkyl halides is 3. The number of benzene rings is 1. The van der Waals surface area contributed by atoms with Crippen LogP contribution in [0.15, 0.2) is 48.1 Å². The first-order chi connectivity index (χ1) is 17.5. The lowest BCUT2D eigenvalue weighted by Gasteiger charge is -2.21. The molecule has 0 bridgehead atoms. The number of aryl methyl sites for hydroxylation is 1. The monoisotopic (exact) mass is 529 g/mol. The quantitative estimate of drug-likeness (QED) is 0.387. The van der Waals surface area contributed by atoms with E-state index in [0.29, 0.717) is 40.5 Å². The number of likely N-dealkylation sites (tertiary alicyclic amines) is 1. The Morgan fingerprint density at radius 3 is 2.76 bits per heavy atom. The number of aliphatic hydroxyl groups is 1. The number of aromatic nitrogens is 5. The zero-order valence-electron chi connectivity index (χ0n) is 19.8. The van der Waals surface area contributed by atoms with Crippen molar-refractivity contribution in [1.82, 2.24) is 29.6 Å². The van der Waals surface area contributed by atoms with Gasteiger partial charge < -0.3 is 15.3 Å². The number of hydrogen-bond donors (Lipinski definition) is 2. The van der Waals surface area contributed by atoms with Gasteiger partial charge in [-0.25, -0.2) is 15.0 Å². The molecule has 192 valence electrons. The molecule has 1 aliphatic rings. The summed E-state index contributed by atoms with van der Waals surface area (Å²) >= 11 is 1.38. The van der Waals surface area contributed by atoms with E-state index < -0.39 is 18.3 Å². The molecule has 1 atom stereocenters. The highest BCUT2D eigenvalue weighted by atomic mass is 32.1. The third kappa shape index (κ3) is 5.04. The molecule has 5 rings (SSSR count). The number of rotatable bonds is 6. The van der Waals surface area contributed by atoms with E-state index in [0.717, 1.165) is 10.2 Å². The second-order valence-corrected chi connectivity index (χ2v) is 9.68. The van der Waals surface area contributed by atoms with Crippen LogP contribution in [0.1, 0.15) is 17.5 Å². The molecular formula is C24H22F3N7O2S. The van der Waals surface area contributed by atoms with Gasteiger partial charge in [-0.1, -0.05) is 18.2 Å². The third-order valence-corrected chi connectivity index (χ3v) is 6.93. The molecular weight excluding hydrogens is 507 g/mol. The van der Waals surface area contributed by atoms with Crippen molar-refractivity contribution in [2.45, 2.75) is 31.7 Å². The Hall–Kier alpha value is -3.84. The summed E-state index contributed by atoms with van der Waals surface area (Å²) in [5.74, 6) is 0.0617. The minimum absolute atomic E-state index is 0.167. The summed E-state index contributed by atoms with van der Waals surface area (Å²) in [6.07, 6.45) is -1.24. The second kappa shape index (κ2) is 9.23. The Balaban J connectivity index is 1.37. The average molecular weight is 530 g/mol. The van der Waals surface area contributed by atoms with Crippen molar-refractivity contribution in [2.24, 2.45) is 0 Å². The van der Waals surface area contributed by atoms with Gasteiger partial charge in [-0.15, -0.1) is 11.3 Å². The van der Waals surface area contributed by atoms with Crippen LogP contribution in [0.5, 0.6) is 0 Å². The summed E-state index contributed by atoms with van der Waals surface area (Å²) in [6.45, 7) is 0.926. The summed E-state index contributed by atoms with van der Waals surface area (Å²) < 4.78 is 38.9. The number of nitrogens with zero attached hydrogens (tertiary/aromatic N) is 6. The Morgan fingerprint density at radius 2 is 2.03 bits per heavy atom. The summed E-state index contributed by atoms with van der Waals surface area (Å²) in [5, 5.41) is 20.3. The van der Waals surface area contributed by atoms with Crippen LogP contribution < -0.4 is 5.32 Å². The van der Waals surface area contributed by atoms with Crippen molar-refractivity contribution in [3.05, 3.63) is 59.2 Å². The molecule has 4 aromatic rings. The lowest BCUT2D eigenvalue weighted by molar-refractivity contribution is -0.143.